The van der Waals surface area contributed by atoms with Crippen LogP contribution in [-0.2, 0) is 0 Å². The minimum absolute atomic E-state index is 1.16. The molecule has 0 aliphatic carbocycles. The molecule has 0 spiro atoms. The van der Waals surface area contributed by atoms with E-state index in [1.165, 1.54) is 97.7 Å². The Morgan fingerprint density at radius 2 is 0.524 bits per heavy atom. The molecule has 0 unspecified atom stereocenters. The normalized spacial score (nSPS) is 12.9. The lowest BCUT2D eigenvalue weighted by atomic mass is 9.89. The Morgan fingerprint density at radius 1 is 0.238 bits per heavy atom. The van der Waals surface area contributed by atoms with Gasteiger partial charge in [0, 0.05) is 32.9 Å². The molecule has 0 radical (unpaired) electrons. The minimum atomic E-state index is -3.31. The Balaban J connectivity index is 1.21. The second-order valence-electron chi connectivity index (χ2n) is 16.8. The number of benzene rings is 10. The second kappa shape index (κ2) is 14.0. The van der Waals surface area contributed by atoms with E-state index in [9.17, 15) is 0 Å². The van der Waals surface area contributed by atoms with Gasteiger partial charge in [-0.2, -0.15) is 0 Å². The van der Waals surface area contributed by atoms with Crippen LogP contribution in [0.1, 0.15) is 0 Å². The third-order valence-electron chi connectivity index (χ3n) is 13.6. The molecule has 1 aliphatic rings. The van der Waals surface area contributed by atoms with Crippen LogP contribution in [0.2, 0.25) is 0 Å². The van der Waals surface area contributed by atoms with Crippen molar-refractivity contribution in [1.29, 1.82) is 0 Å². The average Bonchev–Trinajstić information content (AvgIpc) is 3.89. The molecule has 0 fully saturated rings. The molecule has 0 bridgehead atoms. The molecule has 0 amide bonds. The lowest BCUT2D eigenvalue weighted by molar-refractivity contribution is 1.18. The maximum absolute atomic E-state index is 3.31. The highest BCUT2D eigenvalue weighted by Gasteiger charge is 2.46. The third kappa shape index (κ3) is 5.18. The predicted octanol–water partition coefficient (Wildman–Crippen LogP) is 12.6. The molecule has 10 aromatic carbocycles. The van der Waals surface area contributed by atoms with E-state index in [4.69, 9.17) is 0 Å². The van der Waals surface area contributed by atoms with E-state index in [1.807, 2.05) is 0 Å². The highest BCUT2D eigenvalue weighted by Crippen LogP contribution is 2.41. The monoisotopic (exact) mass is 816 g/mol. The van der Waals surface area contributed by atoms with Gasteiger partial charge in [-0.3, -0.25) is 0 Å². The summed E-state index contributed by atoms with van der Waals surface area (Å²) in [6, 6.07) is 91.3. The van der Waals surface area contributed by atoms with Gasteiger partial charge in [-0.15, -0.1) is 0 Å². The van der Waals surface area contributed by atoms with E-state index in [0.717, 1.165) is 11.4 Å². The standard InChI is InChI=1S/C60H40N2Si/c1-3-25-47-45(23-1)46-24-2-4-26-48(46)54-32-10-16-38-60(54)63(59-37-15-9-31-53(47)59,43-21-17-19-41(39-43)61-55-33-11-5-27-49(55)50-28-6-12-34-56(50)61)44-22-18-20-42(40-44)62-57-35-13-7-29-51(57)52-30-8-14-36-58(52)62/h1-40H. The van der Waals surface area contributed by atoms with Crippen molar-refractivity contribution in [3.63, 3.8) is 0 Å². The lowest BCUT2D eigenvalue weighted by Crippen LogP contribution is -2.75. The molecular formula is C60H40N2Si. The van der Waals surface area contributed by atoms with Crippen LogP contribution in [0, 0.1) is 0 Å². The number of hydrogen-bond donors (Lipinski definition) is 0. The van der Waals surface area contributed by atoms with Gasteiger partial charge in [0.2, 0.25) is 0 Å². The van der Waals surface area contributed by atoms with E-state index in [0.29, 0.717) is 0 Å². The van der Waals surface area contributed by atoms with Crippen LogP contribution in [0.25, 0.3) is 88.4 Å². The summed E-state index contributed by atoms with van der Waals surface area (Å²) in [6.45, 7) is 0. The SMILES string of the molecule is c1cc(-n2c3ccccc3c3ccccc32)cc([Si]2(c3cccc(-n4c5ccccc5c5ccccc54)c3)c3ccccc3-c3ccccc3-c3ccccc3-c3ccccc32)c1. The lowest BCUT2D eigenvalue weighted by Gasteiger charge is -2.37. The highest BCUT2D eigenvalue weighted by molar-refractivity contribution is 7.21. The van der Waals surface area contributed by atoms with Crippen molar-refractivity contribution in [3.8, 4) is 44.8 Å². The zero-order valence-electron chi connectivity index (χ0n) is 34.5. The fourth-order valence-corrected chi connectivity index (χ4v) is 16.3. The summed E-state index contributed by atoms with van der Waals surface area (Å²) in [4.78, 5) is 0. The first-order valence-electron chi connectivity index (χ1n) is 21.9. The number of para-hydroxylation sites is 4. The molecule has 0 atom stereocenters. The topological polar surface area (TPSA) is 9.86 Å². The minimum Gasteiger partial charge on any atom is -0.309 e. The molecule has 2 nitrogen and oxygen atoms in total. The molecular weight excluding hydrogens is 777 g/mol. The van der Waals surface area contributed by atoms with Crippen molar-refractivity contribution in [2.75, 3.05) is 0 Å². The van der Waals surface area contributed by atoms with Crippen LogP contribution in [0.3, 0.4) is 0 Å². The van der Waals surface area contributed by atoms with Crippen LogP contribution in [-0.4, -0.2) is 17.2 Å². The van der Waals surface area contributed by atoms with Crippen molar-refractivity contribution in [2.45, 2.75) is 0 Å². The Bertz CT molecular complexity index is 3420. The zero-order valence-corrected chi connectivity index (χ0v) is 35.5. The maximum Gasteiger partial charge on any atom is 0.181 e. The predicted molar refractivity (Wildman–Crippen MR) is 269 cm³/mol. The van der Waals surface area contributed by atoms with Crippen molar-refractivity contribution in [2.24, 2.45) is 0 Å². The first-order valence-corrected chi connectivity index (χ1v) is 23.9. The molecule has 2 aromatic heterocycles. The summed E-state index contributed by atoms with van der Waals surface area (Å²) >= 11 is 0. The van der Waals surface area contributed by atoms with E-state index in [2.05, 4.69) is 252 Å². The van der Waals surface area contributed by atoms with E-state index in [1.54, 1.807) is 0 Å². The van der Waals surface area contributed by atoms with Gasteiger partial charge in [0.25, 0.3) is 0 Å². The Hall–Kier alpha value is -7.98. The second-order valence-corrected chi connectivity index (χ2v) is 20.5. The summed E-state index contributed by atoms with van der Waals surface area (Å²) in [7, 11) is -3.31. The number of rotatable bonds is 4. The van der Waals surface area contributed by atoms with Gasteiger partial charge in [-0.1, -0.05) is 194 Å². The highest BCUT2D eigenvalue weighted by atomic mass is 28.3. The number of nitrogens with zero attached hydrogens (tertiary/aromatic N) is 2. The van der Waals surface area contributed by atoms with E-state index < -0.39 is 8.07 Å². The zero-order chi connectivity index (χ0) is 41.5. The van der Waals surface area contributed by atoms with Crippen LogP contribution in [0.4, 0.5) is 0 Å². The van der Waals surface area contributed by atoms with Gasteiger partial charge in [-0.25, -0.2) is 0 Å². The fourth-order valence-electron chi connectivity index (χ4n) is 11.1. The van der Waals surface area contributed by atoms with E-state index >= 15 is 0 Å². The van der Waals surface area contributed by atoms with Gasteiger partial charge in [0.15, 0.2) is 8.07 Å². The van der Waals surface area contributed by atoms with Gasteiger partial charge < -0.3 is 9.13 Å². The quantitative estimate of drug-likeness (QED) is 0.157. The molecule has 0 saturated carbocycles. The molecule has 3 heterocycles. The van der Waals surface area contributed by atoms with Gasteiger partial charge in [-0.05, 0) is 103 Å². The van der Waals surface area contributed by atoms with Crippen LogP contribution < -0.4 is 20.7 Å². The van der Waals surface area contributed by atoms with Crippen molar-refractivity contribution in [3.05, 3.63) is 243 Å². The van der Waals surface area contributed by atoms with Gasteiger partial charge in [0.1, 0.15) is 0 Å². The Labute approximate surface area is 367 Å². The maximum atomic E-state index is 2.53. The van der Waals surface area contributed by atoms with Gasteiger partial charge >= 0.3 is 0 Å². The van der Waals surface area contributed by atoms with Gasteiger partial charge in [0.05, 0.1) is 22.1 Å². The molecule has 294 valence electrons. The molecule has 1 aliphatic heterocycles. The summed E-state index contributed by atoms with van der Waals surface area (Å²) in [5.41, 5.74) is 14.7. The number of hydrogen-bond acceptors (Lipinski definition) is 0. The summed E-state index contributed by atoms with van der Waals surface area (Å²) < 4.78 is 4.95. The fraction of sp³-hybridized carbons (Fsp3) is 0. The summed E-state index contributed by atoms with van der Waals surface area (Å²) in [6.07, 6.45) is 0. The van der Waals surface area contributed by atoms with Crippen molar-refractivity contribution >= 4 is 72.4 Å². The van der Waals surface area contributed by atoms with Crippen molar-refractivity contribution in [1.82, 2.24) is 9.13 Å². The Morgan fingerprint density at radius 3 is 0.889 bits per heavy atom. The summed E-state index contributed by atoms with van der Waals surface area (Å²) in [5.74, 6) is 0. The smallest absolute Gasteiger partial charge is 0.181 e. The molecule has 3 heteroatoms. The third-order valence-corrected chi connectivity index (χ3v) is 18.5. The molecule has 0 saturated heterocycles. The van der Waals surface area contributed by atoms with Crippen LogP contribution in [0.5, 0.6) is 0 Å². The Kier molecular flexibility index (Phi) is 7.96. The molecule has 12 aromatic rings. The van der Waals surface area contributed by atoms with Crippen molar-refractivity contribution < 1.29 is 0 Å². The molecule has 13 rings (SSSR count). The van der Waals surface area contributed by atoms with Crippen LogP contribution in [0.15, 0.2) is 243 Å². The number of fused-ring (bicyclic) bond motifs is 13. The average molecular weight is 817 g/mol. The molecule has 63 heavy (non-hydrogen) atoms. The largest absolute Gasteiger partial charge is 0.309 e. The molecule has 0 N–H and O–H groups in total. The number of aromatic nitrogens is 2. The first kappa shape index (κ1) is 35.7. The van der Waals surface area contributed by atoms with Crippen LogP contribution >= 0.6 is 0 Å². The first-order chi connectivity index (χ1) is 31.3. The van der Waals surface area contributed by atoms with E-state index in [-0.39, 0.29) is 0 Å². The summed E-state index contributed by atoms with van der Waals surface area (Å²) in [5, 5.41) is 10.4.